The summed E-state index contributed by atoms with van der Waals surface area (Å²) in [5, 5.41) is 4.55. The predicted octanol–water partition coefficient (Wildman–Crippen LogP) is 2.91. The van der Waals surface area contributed by atoms with Gasteiger partial charge in [-0.3, -0.25) is 4.79 Å². The van der Waals surface area contributed by atoms with E-state index in [0.717, 1.165) is 17.2 Å². The molecule has 1 amide bonds. The number of carbonyl (C=O) groups excluding carboxylic acids is 2. The van der Waals surface area contributed by atoms with E-state index in [1.807, 2.05) is 44.2 Å². The molecule has 1 atom stereocenters. The van der Waals surface area contributed by atoms with Gasteiger partial charge in [0.25, 0.3) is 5.91 Å². The summed E-state index contributed by atoms with van der Waals surface area (Å²) in [6.45, 7) is 3.63. The zero-order chi connectivity index (χ0) is 15.2. The maximum Gasteiger partial charge on any atom is 0.339 e. The molecule has 0 heterocycles. The maximum atomic E-state index is 12.1. The van der Waals surface area contributed by atoms with Crippen LogP contribution >= 0.6 is 0 Å². The zero-order valence-electron chi connectivity index (χ0n) is 12.3. The molecule has 0 radical (unpaired) electrons. The van der Waals surface area contributed by atoms with Crippen LogP contribution in [-0.4, -0.2) is 24.5 Å². The summed E-state index contributed by atoms with van der Waals surface area (Å²) in [6.07, 6.45) is 0.836. The van der Waals surface area contributed by atoms with E-state index in [0.29, 0.717) is 5.56 Å². The molecular formula is C17H19NO3. The van der Waals surface area contributed by atoms with E-state index >= 15 is 0 Å². The van der Waals surface area contributed by atoms with Crippen molar-refractivity contribution in [3.05, 3.63) is 48.0 Å². The highest BCUT2D eigenvalue weighted by Gasteiger charge is 2.13. The number of rotatable bonds is 5. The molecule has 21 heavy (non-hydrogen) atoms. The molecule has 0 fully saturated rings. The molecule has 0 saturated heterocycles. The van der Waals surface area contributed by atoms with Crippen LogP contribution in [0.1, 0.15) is 30.6 Å². The average molecular weight is 285 g/mol. The van der Waals surface area contributed by atoms with Crippen molar-refractivity contribution in [3.8, 4) is 0 Å². The van der Waals surface area contributed by atoms with Crippen molar-refractivity contribution >= 4 is 22.6 Å². The van der Waals surface area contributed by atoms with Crippen LogP contribution in [0.2, 0.25) is 0 Å². The first-order valence-electron chi connectivity index (χ1n) is 7.06. The molecule has 2 rings (SSSR count). The first-order valence-corrected chi connectivity index (χ1v) is 7.06. The second-order valence-electron chi connectivity index (χ2n) is 4.98. The van der Waals surface area contributed by atoms with E-state index in [2.05, 4.69) is 5.32 Å². The van der Waals surface area contributed by atoms with Gasteiger partial charge < -0.3 is 10.1 Å². The summed E-state index contributed by atoms with van der Waals surface area (Å²) in [4.78, 5) is 23.7. The molecular weight excluding hydrogens is 266 g/mol. The van der Waals surface area contributed by atoms with Crippen LogP contribution in [0.4, 0.5) is 0 Å². The Hall–Kier alpha value is -2.36. The molecule has 0 unspecified atom stereocenters. The highest BCUT2D eigenvalue weighted by atomic mass is 16.5. The Balaban J connectivity index is 2.04. The number of esters is 1. The maximum absolute atomic E-state index is 12.1. The van der Waals surface area contributed by atoms with Gasteiger partial charge in [-0.15, -0.1) is 0 Å². The zero-order valence-corrected chi connectivity index (χ0v) is 12.3. The Labute approximate surface area is 124 Å². The van der Waals surface area contributed by atoms with Crippen LogP contribution in [0.3, 0.4) is 0 Å². The largest absolute Gasteiger partial charge is 0.452 e. The van der Waals surface area contributed by atoms with Crippen LogP contribution in [0, 0.1) is 0 Å². The predicted molar refractivity (Wildman–Crippen MR) is 82.1 cm³/mol. The molecule has 0 aliphatic rings. The fourth-order valence-corrected chi connectivity index (χ4v) is 2.03. The number of benzene rings is 2. The van der Waals surface area contributed by atoms with Gasteiger partial charge in [0.1, 0.15) is 0 Å². The monoisotopic (exact) mass is 285 g/mol. The SMILES string of the molecule is CC[C@H](C)NC(=O)COC(=O)c1cccc2ccccc12. The molecule has 2 aromatic rings. The highest BCUT2D eigenvalue weighted by Crippen LogP contribution is 2.19. The van der Waals surface area contributed by atoms with Crippen molar-refractivity contribution in [1.29, 1.82) is 0 Å². The van der Waals surface area contributed by atoms with Gasteiger partial charge in [0.05, 0.1) is 5.56 Å². The molecule has 0 aliphatic carbocycles. The molecule has 1 N–H and O–H groups in total. The summed E-state index contributed by atoms with van der Waals surface area (Å²) in [5.41, 5.74) is 0.476. The van der Waals surface area contributed by atoms with Crippen LogP contribution in [0.25, 0.3) is 10.8 Å². The summed E-state index contributed by atoms with van der Waals surface area (Å²) in [5.74, 6) is -0.760. The standard InChI is InChI=1S/C17H19NO3/c1-3-12(2)18-16(19)11-21-17(20)15-10-6-8-13-7-4-5-9-14(13)15/h4-10,12H,3,11H2,1-2H3,(H,18,19)/t12-/m0/s1. The second-order valence-corrected chi connectivity index (χ2v) is 4.98. The molecule has 4 heteroatoms. The second kappa shape index (κ2) is 6.88. The lowest BCUT2D eigenvalue weighted by atomic mass is 10.1. The van der Waals surface area contributed by atoms with E-state index in [-0.39, 0.29) is 18.6 Å². The Morgan fingerprint density at radius 1 is 1.14 bits per heavy atom. The number of hydrogen-bond donors (Lipinski definition) is 1. The Kier molecular flexibility index (Phi) is 4.93. The molecule has 0 aliphatic heterocycles. The van der Waals surface area contributed by atoms with Gasteiger partial charge in [-0.1, -0.05) is 43.3 Å². The third-order valence-electron chi connectivity index (χ3n) is 3.36. The van der Waals surface area contributed by atoms with Crippen LogP contribution in [0.5, 0.6) is 0 Å². The lowest BCUT2D eigenvalue weighted by molar-refractivity contribution is -0.124. The molecule has 4 nitrogen and oxygen atoms in total. The smallest absolute Gasteiger partial charge is 0.339 e. The lowest BCUT2D eigenvalue weighted by Crippen LogP contribution is -2.35. The summed E-state index contributed by atoms with van der Waals surface area (Å²) in [6, 6.07) is 13.1. The third-order valence-corrected chi connectivity index (χ3v) is 3.36. The minimum absolute atomic E-state index is 0.0776. The molecule has 0 saturated carbocycles. The fraction of sp³-hybridized carbons (Fsp3) is 0.294. The fourth-order valence-electron chi connectivity index (χ4n) is 2.03. The summed E-state index contributed by atoms with van der Waals surface area (Å²) < 4.78 is 5.09. The minimum Gasteiger partial charge on any atom is -0.452 e. The van der Waals surface area contributed by atoms with Crippen molar-refractivity contribution in [2.75, 3.05) is 6.61 Å². The van der Waals surface area contributed by atoms with Gasteiger partial charge >= 0.3 is 5.97 Å². The van der Waals surface area contributed by atoms with Crippen LogP contribution < -0.4 is 5.32 Å². The van der Waals surface area contributed by atoms with Crippen molar-refractivity contribution in [2.24, 2.45) is 0 Å². The van der Waals surface area contributed by atoms with Gasteiger partial charge in [-0.25, -0.2) is 4.79 Å². The van der Waals surface area contributed by atoms with E-state index in [9.17, 15) is 9.59 Å². The highest BCUT2D eigenvalue weighted by molar-refractivity contribution is 6.04. The normalized spacial score (nSPS) is 11.9. The van der Waals surface area contributed by atoms with Gasteiger partial charge in [0, 0.05) is 6.04 Å². The van der Waals surface area contributed by atoms with Crippen LogP contribution in [0.15, 0.2) is 42.5 Å². The van der Waals surface area contributed by atoms with Crippen molar-refractivity contribution in [2.45, 2.75) is 26.3 Å². The number of hydrogen-bond acceptors (Lipinski definition) is 3. The first kappa shape index (κ1) is 15.0. The summed E-state index contributed by atoms with van der Waals surface area (Å²) in [7, 11) is 0. The topological polar surface area (TPSA) is 55.4 Å². The van der Waals surface area contributed by atoms with Gasteiger partial charge in [0.15, 0.2) is 6.61 Å². The molecule has 2 aromatic carbocycles. The quantitative estimate of drug-likeness (QED) is 0.859. The molecule has 0 bridgehead atoms. The Bertz CT molecular complexity index is 646. The summed E-state index contributed by atoms with van der Waals surface area (Å²) >= 11 is 0. The van der Waals surface area contributed by atoms with Crippen molar-refractivity contribution in [1.82, 2.24) is 5.32 Å². The lowest BCUT2D eigenvalue weighted by Gasteiger charge is -2.12. The number of ether oxygens (including phenoxy) is 1. The minimum atomic E-state index is -0.480. The van der Waals surface area contributed by atoms with E-state index in [4.69, 9.17) is 4.74 Å². The van der Waals surface area contributed by atoms with E-state index in [1.165, 1.54) is 0 Å². The number of amides is 1. The van der Waals surface area contributed by atoms with Crippen molar-refractivity contribution < 1.29 is 14.3 Å². The van der Waals surface area contributed by atoms with Crippen molar-refractivity contribution in [3.63, 3.8) is 0 Å². The Morgan fingerprint density at radius 2 is 1.86 bits per heavy atom. The van der Waals surface area contributed by atoms with Gasteiger partial charge in [-0.05, 0) is 30.2 Å². The average Bonchev–Trinajstić information content (AvgIpc) is 2.51. The number of fused-ring (bicyclic) bond motifs is 1. The molecule has 0 aromatic heterocycles. The number of carbonyl (C=O) groups is 2. The van der Waals surface area contributed by atoms with Gasteiger partial charge in [-0.2, -0.15) is 0 Å². The van der Waals surface area contributed by atoms with E-state index < -0.39 is 5.97 Å². The van der Waals surface area contributed by atoms with Gasteiger partial charge in [0.2, 0.25) is 0 Å². The number of nitrogens with one attached hydrogen (secondary N) is 1. The third kappa shape index (κ3) is 3.81. The molecule has 0 spiro atoms. The van der Waals surface area contributed by atoms with Crippen LogP contribution in [-0.2, 0) is 9.53 Å². The Morgan fingerprint density at radius 3 is 2.62 bits per heavy atom. The molecule has 110 valence electrons. The van der Waals surface area contributed by atoms with E-state index in [1.54, 1.807) is 12.1 Å². The first-order chi connectivity index (χ1) is 10.1.